The van der Waals surface area contributed by atoms with E-state index in [4.69, 9.17) is 4.74 Å². The summed E-state index contributed by atoms with van der Waals surface area (Å²) >= 11 is 0. The van der Waals surface area contributed by atoms with Crippen LogP contribution in [0.25, 0.3) is 0 Å². The zero-order valence-electron chi connectivity index (χ0n) is 7.87. The maximum Gasteiger partial charge on any atom is 0.160 e. The molecule has 0 spiro atoms. The molecule has 0 N–H and O–H groups in total. The molecule has 0 aliphatic carbocycles. The third-order valence-corrected chi connectivity index (χ3v) is 2.52. The van der Waals surface area contributed by atoms with E-state index in [-0.39, 0.29) is 11.7 Å². The molecule has 1 aromatic carbocycles. The van der Waals surface area contributed by atoms with E-state index >= 15 is 0 Å². The lowest BCUT2D eigenvalue weighted by Gasteiger charge is -2.27. The Kier molecular flexibility index (Phi) is 2.23. The lowest BCUT2D eigenvalue weighted by atomic mass is 9.93. The summed E-state index contributed by atoms with van der Waals surface area (Å²) in [6.07, 6.45) is 1.10. The Labute approximate surface area is 81.7 Å². The van der Waals surface area contributed by atoms with Gasteiger partial charge in [0, 0.05) is 5.92 Å². The van der Waals surface area contributed by atoms with Crippen LogP contribution in [0.3, 0.4) is 0 Å². The predicted octanol–water partition coefficient (Wildman–Crippen LogP) is 1.96. The fraction of sp³-hybridized carbons (Fsp3) is 0.364. The van der Waals surface area contributed by atoms with E-state index in [1.165, 1.54) is 12.1 Å². The van der Waals surface area contributed by atoms with Gasteiger partial charge in [-0.3, -0.25) is 4.79 Å². The number of hydrogen-bond acceptors (Lipinski definition) is 2. The second-order valence-electron chi connectivity index (χ2n) is 3.65. The van der Waals surface area contributed by atoms with Crippen LogP contribution in [0.1, 0.15) is 12.5 Å². The van der Waals surface area contributed by atoms with Crippen molar-refractivity contribution in [1.82, 2.24) is 0 Å². The first kappa shape index (κ1) is 9.19. The molecule has 0 fully saturated rings. The quantitative estimate of drug-likeness (QED) is 0.639. The van der Waals surface area contributed by atoms with Gasteiger partial charge in [-0.1, -0.05) is 6.92 Å². The molecule has 0 amide bonds. The van der Waals surface area contributed by atoms with E-state index in [0.29, 0.717) is 12.2 Å². The number of rotatable bonds is 1. The smallest absolute Gasteiger partial charge is 0.160 e. The van der Waals surface area contributed by atoms with Gasteiger partial charge in [0.2, 0.25) is 0 Å². The number of halogens is 1. The van der Waals surface area contributed by atoms with Gasteiger partial charge in [-0.2, -0.15) is 0 Å². The predicted molar refractivity (Wildman–Crippen MR) is 49.7 cm³/mol. The third kappa shape index (κ3) is 1.50. The molecular weight excluding hydrogens is 183 g/mol. The standard InChI is InChI=1S/C11H11FO2/c1-7-4-8-5-9(12)2-3-10(8)14-11(7)6-13/h2-3,5-7,11H,4H2,1H3. The molecule has 1 aromatic rings. The van der Waals surface area contributed by atoms with Crippen molar-refractivity contribution in [1.29, 1.82) is 0 Å². The first-order valence-electron chi connectivity index (χ1n) is 4.61. The second kappa shape index (κ2) is 3.40. The van der Waals surface area contributed by atoms with Gasteiger partial charge in [0.1, 0.15) is 11.6 Å². The maximum absolute atomic E-state index is 12.9. The van der Waals surface area contributed by atoms with Crippen LogP contribution in [0.15, 0.2) is 18.2 Å². The van der Waals surface area contributed by atoms with Crippen molar-refractivity contribution in [3.8, 4) is 5.75 Å². The highest BCUT2D eigenvalue weighted by Gasteiger charge is 2.26. The first-order valence-corrected chi connectivity index (χ1v) is 4.61. The number of carbonyl (C=O) groups is 1. The highest BCUT2D eigenvalue weighted by molar-refractivity contribution is 5.59. The fourth-order valence-corrected chi connectivity index (χ4v) is 1.71. The molecule has 2 unspecified atom stereocenters. The van der Waals surface area contributed by atoms with Gasteiger partial charge in [0.25, 0.3) is 0 Å². The van der Waals surface area contributed by atoms with E-state index in [1.54, 1.807) is 6.07 Å². The molecular formula is C11H11FO2. The molecule has 1 aliphatic rings. The summed E-state index contributed by atoms with van der Waals surface area (Å²) in [6, 6.07) is 4.39. The Hall–Kier alpha value is -1.38. The highest BCUT2D eigenvalue weighted by atomic mass is 19.1. The zero-order valence-corrected chi connectivity index (χ0v) is 7.87. The summed E-state index contributed by atoms with van der Waals surface area (Å²) in [7, 11) is 0. The molecule has 3 heteroatoms. The fourth-order valence-electron chi connectivity index (χ4n) is 1.71. The minimum absolute atomic E-state index is 0.113. The van der Waals surface area contributed by atoms with Crippen molar-refractivity contribution in [3.63, 3.8) is 0 Å². The maximum atomic E-state index is 12.9. The van der Waals surface area contributed by atoms with Crippen LogP contribution in [0, 0.1) is 11.7 Å². The van der Waals surface area contributed by atoms with Crippen LogP contribution in [0.4, 0.5) is 4.39 Å². The number of benzene rings is 1. The number of ether oxygens (including phenoxy) is 1. The van der Waals surface area contributed by atoms with Gasteiger partial charge >= 0.3 is 0 Å². The molecule has 0 saturated heterocycles. The van der Waals surface area contributed by atoms with Gasteiger partial charge in [0.05, 0.1) is 0 Å². The van der Waals surface area contributed by atoms with Gasteiger partial charge in [0.15, 0.2) is 12.4 Å². The average Bonchev–Trinajstić information content (AvgIpc) is 2.16. The largest absolute Gasteiger partial charge is 0.482 e. The summed E-state index contributed by atoms with van der Waals surface area (Å²) in [6.45, 7) is 1.92. The molecule has 2 atom stereocenters. The summed E-state index contributed by atoms with van der Waals surface area (Å²) in [5, 5.41) is 0. The summed E-state index contributed by atoms with van der Waals surface area (Å²) in [5.41, 5.74) is 0.843. The molecule has 74 valence electrons. The van der Waals surface area contributed by atoms with Crippen LogP contribution in [-0.2, 0) is 11.2 Å². The van der Waals surface area contributed by atoms with E-state index in [0.717, 1.165) is 11.8 Å². The van der Waals surface area contributed by atoms with Crippen LogP contribution >= 0.6 is 0 Å². The Morgan fingerprint density at radius 2 is 2.36 bits per heavy atom. The molecule has 0 saturated carbocycles. The molecule has 2 rings (SSSR count). The second-order valence-corrected chi connectivity index (χ2v) is 3.65. The van der Waals surface area contributed by atoms with Gasteiger partial charge in [-0.05, 0) is 30.2 Å². The Morgan fingerprint density at radius 1 is 1.57 bits per heavy atom. The molecule has 1 heterocycles. The third-order valence-electron chi connectivity index (χ3n) is 2.52. The Bertz CT molecular complexity index is 362. The van der Waals surface area contributed by atoms with Gasteiger partial charge in [-0.25, -0.2) is 4.39 Å². The highest BCUT2D eigenvalue weighted by Crippen LogP contribution is 2.30. The van der Waals surface area contributed by atoms with E-state index < -0.39 is 6.10 Å². The van der Waals surface area contributed by atoms with Crippen LogP contribution in [-0.4, -0.2) is 12.4 Å². The molecule has 0 aromatic heterocycles. The minimum Gasteiger partial charge on any atom is -0.482 e. The zero-order chi connectivity index (χ0) is 10.1. The van der Waals surface area contributed by atoms with E-state index in [2.05, 4.69) is 0 Å². The van der Waals surface area contributed by atoms with Crippen molar-refractivity contribution in [2.24, 2.45) is 5.92 Å². The SMILES string of the molecule is CC1Cc2cc(F)ccc2OC1C=O. The summed E-state index contributed by atoms with van der Waals surface area (Å²) in [5.74, 6) is 0.479. The number of aldehydes is 1. The van der Waals surface area contributed by atoms with Crippen molar-refractivity contribution in [2.75, 3.05) is 0 Å². The summed E-state index contributed by atoms with van der Waals surface area (Å²) < 4.78 is 18.3. The molecule has 0 bridgehead atoms. The van der Waals surface area contributed by atoms with Crippen LogP contribution in [0.5, 0.6) is 5.75 Å². The van der Waals surface area contributed by atoms with E-state index in [1.807, 2.05) is 6.92 Å². The van der Waals surface area contributed by atoms with Crippen molar-refractivity contribution >= 4 is 6.29 Å². The monoisotopic (exact) mass is 194 g/mol. The molecule has 0 radical (unpaired) electrons. The first-order chi connectivity index (χ1) is 6.70. The molecule has 1 aliphatic heterocycles. The minimum atomic E-state index is -0.395. The Balaban J connectivity index is 2.35. The van der Waals surface area contributed by atoms with Gasteiger partial charge in [-0.15, -0.1) is 0 Å². The normalized spacial score (nSPS) is 25.0. The number of fused-ring (bicyclic) bond motifs is 1. The Morgan fingerprint density at radius 3 is 3.07 bits per heavy atom. The van der Waals surface area contributed by atoms with E-state index in [9.17, 15) is 9.18 Å². The number of hydrogen-bond donors (Lipinski definition) is 0. The topological polar surface area (TPSA) is 26.3 Å². The van der Waals surface area contributed by atoms with Crippen molar-refractivity contribution < 1.29 is 13.9 Å². The average molecular weight is 194 g/mol. The lowest BCUT2D eigenvalue weighted by molar-refractivity contribution is -0.116. The van der Waals surface area contributed by atoms with Gasteiger partial charge < -0.3 is 4.74 Å². The van der Waals surface area contributed by atoms with Crippen LogP contribution in [0.2, 0.25) is 0 Å². The lowest BCUT2D eigenvalue weighted by Crippen LogP contribution is -2.32. The number of carbonyl (C=O) groups excluding carboxylic acids is 1. The summed E-state index contributed by atoms with van der Waals surface area (Å²) in [4.78, 5) is 10.6. The van der Waals surface area contributed by atoms with Crippen molar-refractivity contribution in [2.45, 2.75) is 19.4 Å². The van der Waals surface area contributed by atoms with Crippen molar-refractivity contribution in [3.05, 3.63) is 29.6 Å². The molecule has 14 heavy (non-hydrogen) atoms. The van der Waals surface area contributed by atoms with Crippen LogP contribution < -0.4 is 4.74 Å². The molecule has 2 nitrogen and oxygen atoms in total.